The van der Waals surface area contributed by atoms with Gasteiger partial charge in [0.15, 0.2) is 0 Å². The maximum absolute atomic E-state index is 12.3. The highest BCUT2D eigenvalue weighted by Gasteiger charge is 2.25. The number of amides is 1. The third kappa shape index (κ3) is 4.96. The first-order valence-electron chi connectivity index (χ1n) is 6.27. The summed E-state index contributed by atoms with van der Waals surface area (Å²) in [6.45, 7) is 1.93. The Morgan fingerprint density at radius 2 is 1.76 bits per heavy atom. The number of likely N-dealkylation sites (N-methyl/N-ethyl adjacent to an activating group) is 2. The number of carbonyl (C=O) groups excluding carboxylic acids is 1. The van der Waals surface area contributed by atoms with E-state index in [4.69, 9.17) is 5.73 Å². The highest BCUT2D eigenvalue weighted by Crippen LogP contribution is 2.13. The predicted molar refractivity (Wildman–Crippen MR) is 84.8 cm³/mol. The number of halogens is 1. The summed E-state index contributed by atoms with van der Waals surface area (Å²) in [5, 5.41) is 0. The van der Waals surface area contributed by atoms with Crippen LogP contribution in [0.5, 0.6) is 0 Å². The maximum Gasteiger partial charge on any atom is 0.243 e. The van der Waals surface area contributed by atoms with Gasteiger partial charge in [-0.3, -0.25) is 4.79 Å². The van der Waals surface area contributed by atoms with Crippen molar-refractivity contribution in [2.24, 2.45) is 5.73 Å². The first kappa shape index (κ1) is 19.9. The third-order valence-corrected chi connectivity index (χ3v) is 5.02. The Hall–Kier alpha value is -1.15. The molecule has 0 spiro atoms. The zero-order valence-corrected chi connectivity index (χ0v) is 14.0. The van der Waals surface area contributed by atoms with E-state index in [1.54, 1.807) is 25.2 Å². The Balaban J connectivity index is 0.00000400. The molecule has 0 saturated carbocycles. The molecule has 1 aromatic rings. The predicted octanol–water partition coefficient (Wildman–Crippen LogP) is 0.535. The molecule has 8 heteroatoms. The van der Waals surface area contributed by atoms with Gasteiger partial charge in [-0.15, -0.1) is 12.4 Å². The number of nitrogens with two attached hydrogens (primary N) is 1. The second-order valence-corrected chi connectivity index (χ2v) is 6.71. The molecule has 1 rings (SSSR count). The minimum absolute atomic E-state index is 0. The Bertz CT molecular complexity index is 551. The molecule has 0 aliphatic carbocycles. The van der Waals surface area contributed by atoms with Crippen molar-refractivity contribution >= 4 is 28.3 Å². The minimum atomic E-state index is -3.65. The van der Waals surface area contributed by atoms with Gasteiger partial charge in [-0.1, -0.05) is 18.2 Å². The molecule has 0 bridgehead atoms. The Morgan fingerprint density at radius 3 is 2.24 bits per heavy atom. The van der Waals surface area contributed by atoms with E-state index in [1.165, 1.54) is 24.1 Å². The molecule has 1 atom stereocenters. The lowest BCUT2D eigenvalue weighted by Crippen LogP contribution is -2.45. The standard InChI is InChI=1S/C13H21N3O3S.ClH/c1-11(9-14)16(3)13(17)10-15(2)20(18,19)12-7-5-4-6-8-12;/h4-8,11H,9-10,14H2,1-3H3;1H. The van der Waals surface area contributed by atoms with E-state index in [-0.39, 0.29) is 35.8 Å². The van der Waals surface area contributed by atoms with Crippen LogP contribution in [-0.4, -0.2) is 56.8 Å². The highest BCUT2D eigenvalue weighted by atomic mass is 35.5. The number of hydrogen-bond donors (Lipinski definition) is 1. The lowest BCUT2D eigenvalue weighted by molar-refractivity contribution is -0.131. The number of sulfonamides is 1. The second-order valence-electron chi connectivity index (χ2n) is 4.66. The zero-order valence-electron chi connectivity index (χ0n) is 12.4. The number of benzene rings is 1. The van der Waals surface area contributed by atoms with Crippen molar-refractivity contribution in [2.75, 3.05) is 27.2 Å². The molecule has 1 unspecified atom stereocenters. The molecule has 6 nitrogen and oxygen atoms in total. The second kappa shape index (κ2) is 8.33. The number of hydrogen-bond acceptors (Lipinski definition) is 4. The lowest BCUT2D eigenvalue weighted by atomic mass is 10.3. The first-order chi connectivity index (χ1) is 9.30. The van der Waals surface area contributed by atoms with Gasteiger partial charge < -0.3 is 10.6 Å². The van der Waals surface area contributed by atoms with Crippen LogP contribution in [0.15, 0.2) is 35.2 Å². The van der Waals surface area contributed by atoms with Crippen molar-refractivity contribution in [1.29, 1.82) is 0 Å². The summed E-state index contributed by atoms with van der Waals surface area (Å²) in [7, 11) is -0.641. The largest absolute Gasteiger partial charge is 0.341 e. The molecule has 1 amide bonds. The lowest BCUT2D eigenvalue weighted by Gasteiger charge is -2.26. The van der Waals surface area contributed by atoms with E-state index in [9.17, 15) is 13.2 Å². The Labute approximate surface area is 132 Å². The molecule has 120 valence electrons. The van der Waals surface area contributed by atoms with Gasteiger partial charge in [-0.25, -0.2) is 8.42 Å². The van der Waals surface area contributed by atoms with Crippen molar-refractivity contribution < 1.29 is 13.2 Å². The van der Waals surface area contributed by atoms with Gasteiger partial charge in [-0.05, 0) is 19.1 Å². The van der Waals surface area contributed by atoms with E-state index in [2.05, 4.69) is 0 Å². The average Bonchev–Trinajstić information content (AvgIpc) is 2.46. The fourth-order valence-electron chi connectivity index (χ4n) is 1.56. The smallest absolute Gasteiger partial charge is 0.243 e. The first-order valence-corrected chi connectivity index (χ1v) is 7.71. The summed E-state index contributed by atoms with van der Waals surface area (Å²) in [6.07, 6.45) is 0. The normalized spacial score (nSPS) is 12.6. The maximum atomic E-state index is 12.3. The monoisotopic (exact) mass is 335 g/mol. The summed E-state index contributed by atoms with van der Waals surface area (Å²) in [6, 6.07) is 7.90. The molecule has 0 saturated heterocycles. The molecular weight excluding hydrogens is 314 g/mol. The SMILES string of the molecule is CC(CN)N(C)C(=O)CN(C)S(=O)(=O)c1ccccc1.Cl. The fraction of sp³-hybridized carbons (Fsp3) is 0.462. The van der Waals surface area contributed by atoms with Gasteiger partial charge in [0.1, 0.15) is 0 Å². The van der Waals surface area contributed by atoms with E-state index in [1.807, 2.05) is 6.92 Å². The molecule has 0 radical (unpaired) electrons. The van der Waals surface area contributed by atoms with Crippen LogP contribution in [0, 0.1) is 0 Å². The van der Waals surface area contributed by atoms with Crippen LogP contribution in [0.1, 0.15) is 6.92 Å². The van der Waals surface area contributed by atoms with Crippen LogP contribution in [0.3, 0.4) is 0 Å². The van der Waals surface area contributed by atoms with Crippen molar-refractivity contribution in [1.82, 2.24) is 9.21 Å². The molecule has 21 heavy (non-hydrogen) atoms. The van der Waals surface area contributed by atoms with Crippen molar-refractivity contribution in [3.8, 4) is 0 Å². The molecule has 0 aromatic heterocycles. The van der Waals surface area contributed by atoms with E-state index >= 15 is 0 Å². The Kier molecular flexibility index (Phi) is 7.87. The number of nitrogens with zero attached hydrogens (tertiary/aromatic N) is 2. The van der Waals surface area contributed by atoms with Crippen LogP contribution in [0.25, 0.3) is 0 Å². The molecule has 2 N–H and O–H groups in total. The highest BCUT2D eigenvalue weighted by molar-refractivity contribution is 7.89. The summed E-state index contributed by atoms with van der Waals surface area (Å²) < 4.78 is 25.6. The molecule has 0 aliphatic rings. The molecule has 0 fully saturated rings. The van der Waals surface area contributed by atoms with Crippen molar-refractivity contribution in [3.63, 3.8) is 0 Å². The van der Waals surface area contributed by atoms with Gasteiger partial charge in [0, 0.05) is 26.7 Å². The molecule has 1 aromatic carbocycles. The van der Waals surface area contributed by atoms with Crippen LogP contribution >= 0.6 is 12.4 Å². The summed E-state index contributed by atoms with van der Waals surface area (Å²) >= 11 is 0. The van der Waals surface area contributed by atoms with Crippen LogP contribution < -0.4 is 5.73 Å². The van der Waals surface area contributed by atoms with E-state index in [0.717, 1.165) is 4.31 Å². The summed E-state index contributed by atoms with van der Waals surface area (Å²) in [5.41, 5.74) is 5.49. The average molecular weight is 336 g/mol. The van der Waals surface area contributed by atoms with Gasteiger partial charge >= 0.3 is 0 Å². The zero-order chi connectivity index (χ0) is 15.3. The Morgan fingerprint density at radius 1 is 1.24 bits per heavy atom. The summed E-state index contributed by atoms with van der Waals surface area (Å²) in [5.74, 6) is -0.287. The van der Waals surface area contributed by atoms with Gasteiger partial charge in [-0.2, -0.15) is 4.31 Å². The number of rotatable bonds is 6. The molecular formula is C13H22ClN3O3S. The van der Waals surface area contributed by atoms with E-state index < -0.39 is 10.0 Å². The van der Waals surface area contributed by atoms with Crippen molar-refractivity contribution in [3.05, 3.63) is 30.3 Å². The van der Waals surface area contributed by atoms with Gasteiger partial charge in [0.25, 0.3) is 0 Å². The van der Waals surface area contributed by atoms with Gasteiger partial charge in [0.05, 0.1) is 11.4 Å². The topological polar surface area (TPSA) is 83.7 Å². The minimum Gasteiger partial charge on any atom is -0.341 e. The fourth-order valence-corrected chi connectivity index (χ4v) is 2.70. The quantitative estimate of drug-likeness (QED) is 0.822. The van der Waals surface area contributed by atoms with Gasteiger partial charge in [0.2, 0.25) is 15.9 Å². The van der Waals surface area contributed by atoms with E-state index in [0.29, 0.717) is 6.54 Å². The van der Waals surface area contributed by atoms with Crippen molar-refractivity contribution in [2.45, 2.75) is 17.9 Å². The molecule has 0 heterocycles. The van der Waals surface area contributed by atoms with Crippen LogP contribution in [0.2, 0.25) is 0 Å². The summed E-state index contributed by atoms with van der Waals surface area (Å²) in [4.78, 5) is 13.6. The third-order valence-electron chi connectivity index (χ3n) is 3.20. The van der Waals surface area contributed by atoms with Crippen LogP contribution in [0.4, 0.5) is 0 Å². The number of carbonyl (C=O) groups is 1. The molecule has 0 aliphatic heterocycles. The van der Waals surface area contributed by atoms with Crippen LogP contribution in [-0.2, 0) is 14.8 Å².